The van der Waals surface area contributed by atoms with Gasteiger partial charge in [0.05, 0.1) is 13.2 Å². The Labute approximate surface area is 119 Å². The van der Waals surface area contributed by atoms with Crippen LogP contribution in [0.3, 0.4) is 0 Å². The number of carbonyl (C=O) groups is 1. The molecule has 0 saturated carbocycles. The maximum absolute atomic E-state index is 11.0. The fourth-order valence-corrected chi connectivity index (χ4v) is 2.79. The topological polar surface area (TPSA) is 35.5 Å². The van der Waals surface area contributed by atoms with E-state index in [0.29, 0.717) is 6.42 Å². The monoisotopic (exact) mass is 284 g/mol. The molecule has 0 radical (unpaired) electrons. The molecule has 110 valence electrons. The number of carbonyl (C=O) groups excluding carboxylic acids is 1. The first-order valence-corrected chi connectivity index (χ1v) is 9.79. The van der Waals surface area contributed by atoms with Crippen molar-refractivity contribution in [1.29, 1.82) is 0 Å². The van der Waals surface area contributed by atoms with Crippen molar-refractivity contribution in [3.8, 4) is 11.8 Å². The van der Waals surface area contributed by atoms with Crippen LogP contribution in [0.4, 0.5) is 0 Å². The molecule has 0 aliphatic carbocycles. The zero-order valence-electron chi connectivity index (χ0n) is 13.4. The molecule has 0 rings (SSSR count). The van der Waals surface area contributed by atoms with Gasteiger partial charge >= 0.3 is 5.97 Å². The third kappa shape index (κ3) is 6.79. The predicted octanol–water partition coefficient (Wildman–Crippen LogP) is 3.74. The van der Waals surface area contributed by atoms with E-state index in [-0.39, 0.29) is 11.1 Å². The van der Waals surface area contributed by atoms with Crippen molar-refractivity contribution in [1.82, 2.24) is 0 Å². The zero-order chi connectivity index (χ0) is 15.1. The highest BCUT2D eigenvalue weighted by Gasteiger charge is 2.38. The molecule has 0 saturated heterocycles. The zero-order valence-corrected chi connectivity index (χ0v) is 14.4. The van der Waals surface area contributed by atoms with Gasteiger partial charge in [-0.15, -0.1) is 0 Å². The second-order valence-corrected chi connectivity index (χ2v) is 11.0. The maximum atomic E-state index is 11.0. The van der Waals surface area contributed by atoms with Crippen LogP contribution in [0, 0.1) is 11.8 Å². The van der Waals surface area contributed by atoms with E-state index >= 15 is 0 Å². The van der Waals surface area contributed by atoms with E-state index < -0.39 is 14.3 Å². The third-order valence-electron chi connectivity index (χ3n) is 3.58. The average Bonchev–Trinajstić information content (AvgIpc) is 2.27. The predicted molar refractivity (Wildman–Crippen MR) is 81.4 cm³/mol. The van der Waals surface area contributed by atoms with Gasteiger partial charge in [0.1, 0.15) is 0 Å². The van der Waals surface area contributed by atoms with E-state index in [1.165, 1.54) is 7.11 Å². The summed E-state index contributed by atoms with van der Waals surface area (Å²) in [6, 6.07) is 0. The van der Waals surface area contributed by atoms with Crippen LogP contribution in [-0.4, -0.2) is 27.5 Å². The van der Waals surface area contributed by atoms with Crippen molar-refractivity contribution in [2.45, 2.75) is 71.2 Å². The lowest BCUT2D eigenvalue weighted by atomic mass is 10.1. The summed E-state index contributed by atoms with van der Waals surface area (Å²) < 4.78 is 10.8. The van der Waals surface area contributed by atoms with E-state index in [2.05, 4.69) is 57.4 Å². The first kappa shape index (κ1) is 18.2. The molecular weight excluding hydrogens is 256 g/mol. The summed E-state index contributed by atoms with van der Waals surface area (Å²) in [6.07, 6.45) is 2.74. The number of hydrogen-bond donors (Lipinski definition) is 0. The molecular formula is C15H28O3Si. The minimum Gasteiger partial charge on any atom is -0.459 e. The molecule has 0 aliphatic heterocycles. The summed E-state index contributed by atoms with van der Waals surface area (Å²) in [7, 11) is -0.435. The van der Waals surface area contributed by atoms with Gasteiger partial charge in [0.25, 0.3) is 0 Å². The van der Waals surface area contributed by atoms with Crippen molar-refractivity contribution in [2.75, 3.05) is 7.11 Å². The largest absolute Gasteiger partial charge is 0.459 e. The van der Waals surface area contributed by atoms with Gasteiger partial charge in [-0.25, -0.2) is 4.79 Å². The van der Waals surface area contributed by atoms with Crippen molar-refractivity contribution in [3.05, 3.63) is 0 Å². The molecule has 1 atom stereocenters. The Kier molecular flexibility index (Phi) is 7.39. The van der Waals surface area contributed by atoms with Crippen molar-refractivity contribution >= 4 is 14.3 Å². The molecule has 0 amide bonds. The molecule has 0 unspecified atom stereocenters. The highest BCUT2D eigenvalue weighted by Crippen LogP contribution is 2.38. The van der Waals surface area contributed by atoms with Gasteiger partial charge in [-0.2, -0.15) is 0 Å². The van der Waals surface area contributed by atoms with Gasteiger partial charge in [0.2, 0.25) is 0 Å². The number of esters is 1. The molecule has 0 aromatic rings. The number of hydrogen-bond acceptors (Lipinski definition) is 3. The lowest BCUT2D eigenvalue weighted by molar-refractivity contribution is -0.133. The molecule has 3 nitrogen and oxygen atoms in total. The summed E-state index contributed by atoms with van der Waals surface area (Å²) in [5, 5.41) is 0.189. The van der Waals surface area contributed by atoms with Crippen LogP contribution in [0.25, 0.3) is 0 Å². The molecule has 0 bridgehead atoms. The van der Waals surface area contributed by atoms with Gasteiger partial charge in [-0.1, -0.05) is 40.0 Å². The summed E-state index contributed by atoms with van der Waals surface area (Å²) in [6.45, 7) is 13.3. The van der Waals surface area contributed by atoms with Crippen LogP contribution in [-0.2, 0) is 14.0 Å². The highest BCUT2D eigenvalue weighted by atomic mass is 28.4. The first-order chi connectivity index (χ1) is 8.64. The van der Waals surface area contributed by atoms with Crippen molar-refractivity contribution in [2.24, 2.45) is 0 Å². The number of methoxy groups -OCH3 is 1. The smallest absolute Gasteiger partial charge is 0.384 e. The SMILES string of the molecule is CCC[C@@H](CC#CC(=O)OC)O[Si](C)(C)C(C)(C)C. The normalized spacial score (nSPS) is 13.4. The molecule has 0 aliphatic rings. The molecule has 0 N–H and O–H groups in total. The van der Waals surface area contributed by atoms with Gasteiger partial charge in [0.15, 0.2) is 8.32 Å². The lowest BCUT2D eigenvalue weighted by Crippen LogP contribution is -2.43. The van der Waals surface area contributed by atoms with Crippen LogP contribution in [0.15, 0.2) is 0 Å². The van der Waals surface area contributed by atoms with Gasteiger partial charge in [-0.05, 0) is 24.6 Å². The van der Waals surface area contributed by atoms with Crippen LogP contribution in [0.1, 0.15) is 47.0 Å². The molecule has 0 fully saturated rings. The Bertz CT molecular complexity index is 345. The molecule has 0 aromatic carbocycles. The minimum atomic E-state index is -1.77. The van der Waals surface area contributed by atoms with Gasteiger partial charge < -0.3 is 9.16 Å². The summed E-state index contributed by atoms with van der Waals surface area (Å²) in [4.78, 5) is 11.0. The Morgan fingerprint density at radius 3 is 2.32 bits per heavy atom. The highest BCUT2D eigenvalue weighted by molar-refractivity contribution is 6.74. The average molecular weight is 284 g/mol. The first-order valence-electron chi connectivity index (χ1n) is 6.88. The van der Waals surface area contributed by atoms with Crippen molar-refractivity contribution < 1.29 is 14.0 Å². The van der Waals surface area contributed by atoms with E-state index in [9.17, 15) is 4.79 Å². The third-order valence-corrected chi connectivity index (χ3v) is 8.12. The molecule has 0 spiro atoms. The van der Waals surface area contributed by atoms with Crippen LogP contribution in [0.2, 0.25) is 18.1 Å². The Morgan fingerprint density at radius 2 is 1.89 bits per heavy atom. The number of ether oxygens (including phenoxy) is 1. The summed E-state index contributed by atoms with van der Waals surface area (Å²) >= 11 is 0. The van der Waals surface area contributed by atoms with E-state index in [0.717, 1.165) is 12.8 Å². The summed E-state index contributed by atoms with van der Waals surface area (Å²) in [5.74, 6) is 4.85. The summed E-state index contributed by atoms with van der Waals surface area (Å²) in [5.41, 5.74) is 0. The van der Waals surface area contributed by atoms with E-state index in [1.54, 1.807) is 0 Å². The standard InChI is InChI=1S/C15H28O3Si/c1-8-10-13(11-9-12-14(16)17-5)18-19(6,7)15(2,3)4/h13H,8,10-11H2,1-7H3/t13-/m0/s1. The molecule has 0 aromatic heterocycles. The second kappa shape index (κ2) is 7.71. The van der Waals surface area contributed by atoms with E-state index in [4.69, 9.17) is 4.43 Å². The van der Waals surface area contributed by atoms with Gasteiger partial charge in [-0.3, -0.25) is 0 Å². The van der Waals surface area contributed by atoms with Crippen LogP contribution >= 0.6 is 0 Å². The number of rotatable bonds is 5. The molecule has 0 heterocycles. The van der Waals surface area contributed by atoms with Crippen LogP contribution < -0.4 is 0 Å². The quantitative estimate of drug-likeness (QED) is 0.334. The Balaban J connectivity index is 4.65. The fourth-order valence-electron chi connectivity index (χ4n) is 1.41. The van der Waals surface area contributed by atoms with Gasteiger partial charge in [0, 0.05) is 12.3 Å². The minimum absolute atomic E-state index is 0.114. The second-order valence-electron chi connectivity index (χ2n) is 6.29. The van der Waals surface area contributed by atoms with E-state index in [1.807, 2.05) is 0 Å². The lowest BCUT2D eigenvalue weighted by Gasteiger charge is -2.39. The maximum Gasteiger partial charge on any atom is 0.384 e. The Morgan fingerprint density at radius 1 is 1.32 bits per heavy atom. The molecule has 19 heavy (non-hydrogen) atoms. The Hall–Kier alpha value is -0.793. The fraction of sp³-hybridized carbons (Fsp3) is 0.800. The molecule has 4 heteroatoms. The van der Waals surface area contributed by atoms with Crippen molar-refractivity contribution in [3.63, 3.8) is 0 Å². The van der Waals surface area contributed by atoms with Crippen LogP contribution in [0.5, 0.6) is 0 Å².